The number of hydrogen-bond acceptors (Lipinski definition) is 4. The summed E-state index contributed by atoms with van der Waals surface area (Å²) in [6.07, 6.45) is 5.07. The van der Waals surface area contributed by atoms with Gasteiger partial charge in [0, 0.05) is 13.0 Å². The highest BCUT2D eigenvalue weighted by Gasteiger charge is 2.18. The zero-order chi connectivity index (χ0) is 13.7. The van der Waals surface area contributed by atoms with Crippen molar-refractivity contribution < 1.29 is 18.7 Å². The van der Waals surface area contributed by atoms with Gasteiger partial charge in [0.05, 0.1) is 17.3 Å². The third-order valence-electron chi connectivity index (χ3n) is 3.07. The predicted molar refractivity (Wildman–Crippen MR) is 71.7 cm³/mol. The van der Waals surface area contributed by atoms with Gasteiger partial charge >= 0.3 is 5.97 Å². The van der Waals surface area contributed by atoms with Crippen molar-refractivity contribution in [2.45, 2.75) is 25.7 Å². The maximum absolute atomic E-state index is 11.7. The lowest BCUT2D eigenvalue weighted by Crippen LogP contribution is -2.33. The molecule has 0 bridgehead atoms. The van der Waals surface area contributed by atoms with Crippen molar-refractivity contribution in [1.82, 2.24) is 4.90 Å². The van der Waals surface area contributed by atoms with Gasteiger partial charge < -0.3 is 14.1 Å². The number of halogens is 1. The summed E-state index contributed by atoms with van der Waals surface area (Å²) in [6.45, 7) is 1.39. The second-order valence-electron chi connectivity index (χ2n) is 4.43. The van der Waals surface area contributed by atoms with Gasteiger partial charge in [-0.2, -0.15) is 0 Å². The van der Waals surface area contributed by atoms with Crippen LogP contribution < -0.4 is 0 Å². The van der Waals surface area contributed by atoms with Crippen LogP contribution >= 0.6 is 15.9 Å². The number of hydrogen-bond donors (Lipinski definition) is 0. The summed E-state index contributed by atoms with van der Waals surface area (Å²) in [7, 11) is 0. The molecule has 0 aliphatic carbocycles. The fourth-order valence-electron chi connectivity index (χ4n) is 2.03. The first-order chi connectivity index (χ1) is 9.18. The van der Waals surface area contributed by atoms with E-state index in [9.17, 15) is 9.59 Å². The number of furan rings is 1. The summed E-state index contributed by atoms with van der Waals surface area (Å²) in [4.78, 5) is 25.2. The minimum Gasteiger partial charge on any atom is -0.458 e. The molecule has 6 heteroatoms. The zero-order valence-corrected chi connectivity index (χ0v) is 12.1. The van der Waals surface area contributed by atoms with E-state index in [0.29, 0.717) is 17.4 Å². The molecule has 0 unspecified atom stereocenters. The molecule has 0 spiro atoms. The van der Waals surface area contributed by atoms with E-state index < -0.39 is 5.97 Å². The fraction of sp³-hybridized carbons (Fsp3) is 0.538. The van der Waals surface area contributed by atoms with Gasteiger partial charge in [0.1, 0.15) is 6.61 Å². The van der Waals surface area contributed by atoms with E-state index in [1.807, 2.05) is 0 Å². The van der Waals surface area contributed by atoms with Crippen molar-refractivity contribution in [3.05, 3.63) is 22.6 Å². The topological polar surface area (TPSA) is 59.8 Å². The molecule has 0 atom stereocenters. The second-order valence-corrected chi connectivity index (χ2v) is 5.28. The number of carbonyl (C=O) groups is 2. The number of amides is 1. The average Bonchev–Trinajstić information content (AvgIpc) is 2.71. The molecular weight excluding hydrogens is 314 g/mol. The quantitative estimate of drug-likeness (QED) is 0.796. The normalized spacial score (nSPS) is 16.3. The van der Waals surface area contributed by atoms with Crippen LogP contribution in [0, 0.1) is 0 Å². The number of ether oxygens (including phenoxy) is 1. The molecule has 2 rings (SSSR count). The highest BCUT2D eigenvalue weighted by molar-refractivity contribution is 9.10. The van der Waals surface area contributed by atoms with Crippen LogP contribution in [0.25, 0.3) is 0 Å². The lowest BCUT2D eigenvalue weighted by molar-refractivity contribution is -0.131. The molecule has 1 amide bonds. The smallest absolute Gasteiger partial charge is 0.375 e. The first-order valence-corrected chi connectivity index (χ1v) is 7.15. The Labute approximate surface area is 120 Å². The summed E-state index contributed by atoms with van der Waals surface area (Å²) in [5, 5.41) is 0. The van der Waals surface area contributed by atoms with Crippen LogP contribution in [-0.4, -0.2) is 36.5 Å². The number of rotatable bonds is 4. The Kier molecular flexibility index (Phi) is 5.01. The molecule has 0 N–H and O–H groups in total. The fourth-order valence-corrected chi connectivity index (χ4v) is 2.39. The number of likely N-dealkylation sites (tertiary alicyclic amines) is 1. The van der Waals surface area contributed by atoms with Gasteiger partial charge in [0.2, 0.25) is 11.7 Å². The van der Waals surface area contributed by atoms with Gasteiger partial charge in [-0.1, -0.05) is 6.42 Å². The van der Waals surface area contributed by atoms with E-state index in [1.54, 1.807) is 11.0 Å². The van der Waals surface area contributed by atoms with Gasteiger partial charge in [-0.15, -0.1) is 0 Å². The zero-order valence-electron chi connectivity index (χ0n) is 10.6. The van der Waals surface area contributed by atoms with Gasteiger partial charge in [-0.3, -0.25) is 4.79 Å². The SMILES string of the molecule is O=C(OCCN1CCCCCC1=O)c1occc1Br. The monoisotopic (exact) mass is 329 g/mol. The molecule has 2 heterocycles. The Morgan fingerprint density at radius 3 is 3.00 bits per heavy atom. The van der Waals surface area contributed by atoms with E-state index in [0.717, 1.165) is 25.8 Å². The molecule has 0 aromatic carbocycles. The highest BCUT2D eigenvalue weighted by Crippen LogP contribution is 2.18. The molecular formula is C13H16BrNO4. The number of nitrogens with zero attached hydrogens (tertiary/aromatic N) is 1. The van der Waals surface area contributed by atoms with E-state index in [-0.39, 0.29) is 18.3 Å². The Bertz CT molecular complexity index is 457. The molecule has 1 aromatic heterocycles. The third kappa shape index (κ3) is 3.83. The highest BCUT2D eigenvalue weighted by atomic mass is 79.9. The lowest BCUT2D eigenvalue weighted by atomic mass is 10.2. The molecule has 0 radical (unpaired) electrons. The first kappa shape index (κ1) is 14.1. The Morgan fingerprint density at radius 1 is 1.42 bits per heavy atom. The van der Waals surface area contributed by atoms with Crippen LogP contribution in [0.4, 0.5) is 0 Å². The van der Waals surface area contributed by atoms with Crippen LogP contribution in [-0.2, 0) is 9.53 Å². The van der Waals surface area contributed by atoms with Crippen LogP contribution in [0.15, 0.2) is 21.2 Å². The molecule has 1 saturated heterocycles. The van der Waals surface area contributed by atoms with Crippen molar-refractivity contribution in [3.63, 3.8) is 0 Å². The van der Waals surface area contributed by atoms with Crippen molar-refractivity contribution in [3.8, 4) is 0 Å². The summed E-state index contributed by atoms with van der Waals surface area (Å²) in [6, 6.07) is 1.63. The number of carbonyl (C=O) groups excluding carboxylic acids is 2. The lowest BCUT2D eigenvalue weighted by Gasteiger charge is -2.19. The Hall–Kier alpha value is -1.30. The summed E-state index contributed by atoms with van der Waals surface area (Å²) in [5.74, 6) is -0.214. The van der Waals surface area contributed by atoms with Gasteiger partial charge in [-0.05, 0) is 34.8 Å². The third-order valence-corrected chi connectivity index (χ3v) is 3.69. The molecule has 1 aliphatic rings. The standard InChI is InChI=1S/C13H16BrNO4/c14-10-5-8-18-12(10)13(17)19-9-7-15-6-3-1-2-4-11(15)16/h5,8H,1-4,6-7,9H2. The molecule has 1 aromatic rings. The largest absolute Gasteiger partial charge is 0.458 e. The van der Waals surface area contributed by atoms with E-state index in [4.69, 9.17) is 9.15 Å². The molecule has 5 nitrogen and oxygen atoms in total. The molecule has 104 valence electrons. The van der Waals surface area contributed by atoms with Crippen molar-refractivity contribution in [2.75, 3.05) is 19.7 Å². The maximum atomic E-state index is 11.7. The minimum absolute atomic E-state index is 0.146. The molecule has 1 fully saturated rings. The average molecular weight is 330 g/mol. The molecule has 1 aliphatic heterocycles. The minimum atomic E-state index is -0.515. The maximum Gasteiger partial charge on any atom is 0.375 e. The van der Waals surface area contributed by atoms with Gasteiger partial charge in [-0.25, -0.2) is 4.79 Å². The number of esters is 1. The predicted octanol–water partition coefficient (Wildman–Crippen LogP) is 2.60. The van der Waals surface area contributed by atoms with Gasteiger partial charge in [0.25, 0.3) is 0 Å². The second kappa shape index (κ2) is 6.75. The summed E-state index contributed by atoms with van der Waals surface area (Å²) < 4.78 is 10.7. The molecule has 19 heavy (non-hydrogen) atoms. The van der Waals surface area contributed by atoms with Crippen molar-refractivity contribution in [1.29, 1.82) is 0 Å². The van der Waals surface area contributed by atoms with E-state index in [2.05, 4.69) is 15.9 Å². The van der Waals surface area contributed by atoms with Crippen LogP contribution in [0.5, 0.6) is 0 Å². The first-order valence-electron chi connectivity index (χ1n) is 6.36. The Balaban J connectivity index is 1.78. The van der Waals surface area contributed by atoms with Crippen LogP contribution in [0.1, 0.15) is 36.2 Å². The van der Waals surface area contributed by atoms with Crippen LogP contribution in [0.3, 0.4) is 0 Å². The van der Waals surface area contributed by atoms with Crippen molar-refractivity contribution >= 4 is 27.8 Å². The van der Waals surface area contributed by atoms with E-state index >= 15 is 0 Å². The van der Waals surface area contributed by atoms with Crippen LogP contribution in [0.2, 0.25) is 0 Å². The van der Waals surface area contributed by atoms with E-state index in [1.165, 1.54) is 6.26 Å². The molecule has 0 saturated carbocycles. The summed E-state index contributed by atoms with van der Waals surface area (Å²) in [5.41, 5.74) is 0. The Morgan fingerprint density at radius 2 is 2.26 bits per heavy atom. The van der Waals surface area contributed by atoms with Gasteiger partial charge in [0.15, 0.2) is 0 Å². The van der Waals surface area contributed by atoms with Crippen molar-refractivity contribution in [2.24, 2.45) is 0 Å². The summed E-state index contributed by atoms with van der Waals surface area (Å²) >= 11 is 3.20.